The molecule has 1 aliphatic heterocycles. The fourth-order valence-corrected chi connectivity index (χ4v) is 3.87. The molecule has 2 N–H and O–H groups in total. The van der Waals surface area contributed by atoms with Crippen LogP contribution in [0.15, 0.2) is 48.5 Å². The van der Waals surface area contributed by atoms with Crippen molar-refractivity contribution in [3.8, 4) is 11.1 Å². The molecule has 4 nitrogen and oxygen atoms in total. The number of carbonyl (C=O) groups excluding carboxylic acids is 2. The smallest absolute Gasteiger partial charge is 0.225 e. The normalized spacial score (nSPS) is 19.3. The van der Waals surface area contributed by atoms with Crippen molar-refractivity contribution >= 4 is 11.8 Å². The zero-order valence-corrected chi connectivity index (χ0v) is 15.6. The van der Waals surface area contributed by atoms with Gasteiger partial charge in [0.1, 0.15) is 5.82 Å². The van der Waals surface area contributed by atoms with Crippen LogP contribution in [-0.2, 0) is 16.0 Å². The van der Waals surface area contributed by atoms with Gasteiger partial charge in [-0.3, -0.25) is 9.59 Å². The maximum absolute atomic E-state index is 14.3. The van der Waals surface area contributed by atoms with Gasteiger partial charge >= 0.3 is 0 Å². The Bertz CT molecular complexity index is 852. The highest BCUT2D eigenvalue weighted by molar-refractivity contribution is 5.85. The first-order valence-corrected chi connectivity index (χ1v) is 9.37. The van der Waals surface area contributed by atoms with E-state index in [4.69, 9.17) is 5.73 Å². The van der Waals surface area contributed by atoms with E-state index in [1.807, 2.05) is 31.2 Å². The second-order valence-electron chi connectivity index (χ2n) is 7.27. The van der Waals surface area contributed by atoms with Crippen LogP contribution in [0.5, 0.6) is 0 Å². The van der Waals surface area contributed by atoms with E-state index in [9.17, 15) is 14.0 Å². The second-order valence-corrected chi connectivity index (χ2v) is 7.27. The van der Waals surface area contributed by atoms with Crippen molar-refractivity contribution in [2.75, 3.05) is 13.1 Å². The Morgan fingerprint density at radius 3 is 2.44 bits per heavy atom. The molecule has 1 fully saturated rings. The molecule has 1 aliphatic rings. The number of carbonyl (C=O) groups is 2. The number of nitrogens with zero attached hydrogens (tertiary/aromatic N) is 1. The summed E-state index contributed by atoms with van der Waals surface area (Å²) < 4.78 is 14.3. The summed E-state index contributed by atoms with van der Waals surface area (Å²) in [6, 6.07) is 14.1. The van der Waals surface area contributed by atoms with Gasteiger partial charge in [0.05, 0.1) is 5.41 Å². The Hall–Kier alpha value is -2.69. The Labute approximate surface area is 159 Å². The lowest BCUT2D eigenvalue weighted by Gasteiger charge is -2.27. The third-order valence-corrected chi connectivity index (χ3v) is 5.40. The van der Waals surface area contributed by atoms with Crippen LogP contribution in [0.3, 0.4) is 0 Å². The molecule has 2 aromatic rings. The van der Waals surface area contributed by atoms with E-state index in [2.05, 4.69) is 0 Å². The van der Waals surface area contributed by atoms with Gasteiger partial charge in [0, 0.05) is 25.1 Å². The Balaban J connectivity index is 1.93. The van der Waals surface area contributed by atoms with Crippen LogP contribution in [0.25, 0.3) is 11.1 Å². The monoisotopic (exact) mass is 368 g/mol. The summed E-state index contributed by atoms with van der Waals surface area (Å²) in [6.07, 6.45) is 2.17. The van der Waals surface area contributed by atoms with Gasteiger partial charge in [-0.15, -0.1) is 0 Å². The minimum Gasteiger partial charge on any atom is -0.369 e. The van der Waals surface area contributed by atoms with Crippen LogP contribution < -0.4 is 5.73 Å². The Morgan fingerprint density at radius 2 is 1.78 bits per heavy atom. The standard InChI is InChI=1S/C22H25FN2O2/c1-2-7-20(26)25-13-12-22(15-25,21(24)27)14-16-8-3-4-9-17(16)18-10-5-6-11-19(18)23/h3-6,8-11H,2,7,12-15H2,1H3,(H2,24,27). The molecule has 1 unspecified atom stereocenters. The highest BCUT2D eigenvalue weighted by atomic mass is 19.1. The Kier molecular flexibility index (Phi) is 5.59. The van der Waals surface area contributed by atoms with Gasteiger partial charge in [-0.1, -0.05) is 49.4 Å². The number of rotatable bonds is 6. The molecule has 1 atom stereocenters. The fourth-order valence-electron chi connectivity index (χ4n) is 3.87. The van der Waals surface area contributed by atoms with Crippen molar-refractivity contribution in [3.05, 3.63) is 59.9 Å². The van der Waals surface area contributed by atoms with Crippen molar-refractivity contribution < 1.29 is 14.0 Å². The van der Waals surface area contributed by atoms with Crippen molar-refractivity contribution in [1.82, 2.24) is 4.90 Å². The molecule has 5 heteroatoms. The molecular weight excluding hydrogens is 343 g/mol. The number of hydrogen-bond acceptors (Lipinski definition) is 2. The Morgan fingerprint density at radius 1 is 1.11 bits per heavy atom. The number of amides is 2. The molecule has 2 amide bonds. The minimum atomic E-state index is -0.815. The van der Waals surface area contributed by atoms with Crippen LogP contribution in [0.4, 0.5) is 4.39 Å². The highest BCUT2D eigenvalue weighted by Crippen LogP contribution is 2.37. The molecule has 1 heterocycles. The van der Waals surface area contributed by atoms with Crippen molar-refractivity contribution in [3.63, 3.8) is 0 Å². The van der Waals surface area contributed by atoms with Crippen LogP contribution >= 0.6 is 0 Å². The summed E-state index contributed by atoms with van der Waals surface area (Å²) in [4.78, 5) is 26.4. The maximum Gasteiger partial charge on any atom is 0.225 e. The number of nitrogens with two attached hydrogens (primary N) is 1. The van der Waals surface area contributed by atoms with Gasteiger partial charge in [-0.2, -0.15) is 0 Å². The van der Waals surface area contributed by atoms with Crippen LogP contribution in [0.1, 0.15) is 31.7 Å². The molecule has 27 heavy (non-hydrogen) atoms. The number of primary amides is 1. The maximum atomic E-state index is 14.3. The first kappa shape index (κ1) is 19.1. The van der Waals surface area contributed by atoms with Crippen LogP contribution in [-0.4, -0.2) is 29.8 Å². The predicted octanol–water partition coefficient (Wildman–Crippen LogP) is 3.54. The topological polar surface area (TPSA) is 63.4 Å². The number of halogens is 1. The summed E-state index contributed by atoms with van der Waals surface area (Å²) in [7, 11) is 0. The zero-order valence-electron chi connectivity index (χ0n) is 15.6. The molecule has 0 spiro atoms. The molecular formula is C22H25FN2O2. The highest BCUT2D eigenvalue weighted by Gasteiger charge is 2.44. The van der Waals surface area contributed by atoms with Gasteiger partial charge in [0.2, 0.25) is 11.8 Å². The minimum absolute atomic E-state index is 0.0583. The lowest BCUT2D eigenvalue weighted by molar-refractivity contribution is -0.132. The van der Waals surface area contributed by atoms with Crippen LogP contribution in [0.2, 0.25) is 0 Å². The third kappa shape index (κ3) is 3.87. The summed E-state index contributed by atoms with van der Waals surface area (Å²) in [6.45, 7) is 2.82. The largest absolute Gasteiger partial charge is 0.369 e. The molecule has 0 bridgehead atoms. The SMILES string of the molecule is CCCC(=O)N1CCC(Cc2ccccc2-c2ccccc2F)(C(N)=O)C1. The van der Waals surface area contributed by atoms with Crippen molar-refractivity contribution in [2.45, 2.75) is 32.6 Å². The van der Waals surface area contributed by atoms with E-state index >= 15 is 0 Å². The van der Waals surface area contributed by atoms with Gasteiger partial charge < -0.3 is 10.6 Å². The first-order chi connectivity index (χ1) is 13.0. The van der Waals surface area contributed by atoms with E-state index in [0.717, 1.165) is 17.5 Å². The number of benzene rings is 2. The first-order valence-electron chi connectivity index (χ1n) is 9.37. The average Bonchev–Trinajstić information content (AvgIpc) is 3.09. The van der Waals surface area contributed by atoms with E-state index in [1.54, 1.807) is 23.1 Å². The second kappa shape index (κ2) is 7.91. The summed E-state index contributed by atoms with van der Waals surface area (Å²) in [5.74, 6) is -0.648. The van der Waals surface area contributed by atoms with Gasteiger partial charge in [-0.05, 0) is 36.5 Å². The number of hydrogen-bond donors (Lipinski definition) is 1. The molecule has 2 aromatic carbocycles. The van der Waals surface area contributed by atoms with Crippen molar-refractivity contribution in [2.24, 2.45) is 11.1 Å². The van der Waals surface area contributed by atoms with Gasteiger partial charge in [0.25, 0.3) is 0 Å². The van der Waals surface area contributed by atoms with Gasteiger partial charge in [0.15, 0.2) is 0 Å². The third-order valence-electron chi connectivity index (χ3n) is 5.40. The molecule has 1 saturated heterocycles. The molecule has 0 aromatic heterocycles. The number of likely N-dealkylation sites (tertiary alicyclic amines) is 1. The fraction of sp³-hybridized carbons (Fsp3) is 0.364. The van der Waals surface area contributed by atoms with E-state index < -0.39 is 11.3 Å². The summed E-state index contributed by atoms with van der Waals surface area (Å²) in [5, 5.41) is 0. The lowest BCUT2D eigenvalue weighted by Crippen LogP contribution is -2.42. The quantitative estimate of drug-likeness (QED) is 0.848. The molecule has 3 rings (SSSR count). The molecule has 0 radical (unpaired) electrons. The predicted molar refractivity (Wildman–Crippen MR) is 103 cm³/mol. The van der Waals surface area contributed by atoms with Crippen molar-refractivity contribution in [1.29, 1.82) is 0 Å². The molecule has 142 valence electrons. The zero-order chi connectivity index (χ0) is 19.4. The van der Waals surface area contributed by atoms with E-state index in [0.29, 0.717) is 37.9 Å². The van der Waals surface area contributed by atoms with Crippen LogP contribution in [0, 0.1) is 11.2 Å². The van der Waals surface area contributed by atoms with E-state index in [-0.39, 0.29) is 11.7 Å². The molecule has 0 saturated carbocycles. The van der Waals surface area contributed by atoms with Gasteiger partial charge in [-0.25, -0.2) is 4.39 Å². The average molecular weight is 368 g/mol. The summed E-state index contributed by atoms with van der Waals surface area (Å²) in [5.41, 5.74) is 7.10. The van der Waals surface area contributed by atoms with E-state index in [1.165, 1.54) is 6.07 Å². The molecule has 0 aliphatic carbocycles. The lowest BCUT2D eigenvalue weighted by atomic mass is 9.78. The summed E-state index contributed by atoms with van der Waals surface area (Å²) >= 11 is 0.